The van der Waals surface area contributed by atoms with E-state index in [4.69, 9.17) is 9.15 Å². The topological polar surface area (TPSA) is 128 Å². The highest BCUT2D eigenvalue weighted by Crippen LogP contribution is 2.16. The zero-order chi connectivity index (χ0) is 23.3. The van der Waals surface area contributed by atoms with Crippen LogP contribution in [0.4, 0.5) is 5.69 Å². The highest BCUT2D eigenvalue weighted by atomic mass is 32.2. The first-order valence-electron chi connectivity index (χ1n) is 9.81. The molecule has 10 heteroatoms. The molecule has 0 aliphatic rings. The number of esters is 1. The molecule has 1 unspecified atom stereocenters. The summed E-state index contributed by atoms with van der Waals surface area (Å²) in [7, 11) is -3.63. The van der Waals surface area contributed by atoms with Crippen LogP contribution in [-0.2, 0) is 24.3 Å². The molecule has 3 rings (SSSR count). The Balaban J connectivity index is 1.55. The van der Waals surface area contributed by atoms with Gasteiger partial charge in [-0.25, -0.2) is 22.9 Å². The van der Waals surface area contributed by atoms with Crippen LogP contribution in [0.2, 0.25) is 0 Å². The molecule has 1 heterocycles. The lowest BCUT2D eigenvalue weighted by molar-refractivity contribution is -0.148. The van der Waals surface area contributed by atoms with Crippen molar-refractivity contribution < 1.29 is 27.2 Å². The third-order valence-electron chi connectivity index (χ3n) is 4.16. The van der Waals surface area contributed by atoms with E-state index in [9.17, 15) is 18.0 Å². The van der Waals surface area contributed by atoms with Gasteiger partial charge in [-0.3, -0.25) is 4.79 Å². The minimum absolute atomic E-state index is 0.0769. The minimum Gasteiger partial charge on any atom is -0.449 e. The van der Waals surface area contributed by atoms with Crippen molar-refractivity contribution in [2.45, 2.75) is 37.8 Å². The summed E-state index contributed by atoms with van der Waals surface area (Å²) in [5.74, 6) is -1.07. The van der Waals surface area contributed by atoms with Crippen molar-refractivity contribution in [1.82, 2.24) is 9.71 Å². The third kappa shape index (κ3) is 6.02. The number of fused-ring (bicyclic) bond motifs is 1. The van der Waals surface area contributed by atoms with Gasteiger partial charge in [-0.2, -0.15) is 0 Å². The number of rotatable bonds is 8. The molecule has 0 fully saturated rings. The molecule has 2 aromatic carbocycles. The van der Waals surface area contributed by atoms with Crippen LogP contribution in [0, 0.1) is 0 Å². The van der Waals surface area contributed by atoms with Crippen LogP contribution in [0.5, 0.6) is 0 Å². The van der Waals surface area contributed by atoms with Crippen molar-refractivity contribution in [3.8, 4) is 0 Å². The van der Waals surface area contributed by atoms with Gasteiger partial charge in [0.2, 0.25) is 15.9 Å². The highest BCUT2D eigenvalue weighted by molar-refractivity contribution is 7.89. The van der Waals surface area contributed by atoms with Gasteiger partial charge in [0.15, 0.2) is 11.7 Å². The van der Waals surface area contributed by atoms with Crippen molar-refractivity contribution in [2.24, 2.45) is 0 Å². The Morgan fingerprint density at radius 3 is 2.41 bits per heavy atom. The lowest BCUT2D eigenvalue weighted by Gasteiger charge is -2.13. The molecule has 32 heavy (non-hydrogen) atoms. The van der Waals surface area contributed by atoms with Gasteiger partial charge in [0.25, 0.3) is 5.91 Å². The minimum atomic E-state index is -3.63. The fourth-order valence-electron chi connectivity index (χ4n) is 2.71. The maximum Gasteiger partial charge on any atom is 0.331 e. The molecule has 3 aromatic rings. The van der Waals surface area contributed by atoms with E-state index in [2.05, 4.69) is 15.0 Å². The molecule has 0 saturated heterocycles. The number of ether oxygens (including phenoxy) is 1. The Kier molecular flexibility index (Phi) is 7.06. The van der Waals surface area contributed by atoms with Crippen LogP contribution in [0.1, 0.15) is 26.7 Å². The Bertz CT molecular complexity index is 1210. The number of benzene rings is 2. The molecule has 1 atom stereocenters. The SMILES string of the molecule is CC(C)NS(=O)(=O)c1ccc(NC(=O)C(C)OC(=O)/C=C/c2nc3ccccc3o2)cc1. The first kappa shape index (κ1) is 23.2. The number of para-hydroxylation sites is 2. The molecule has 0 aliphatic carbocycles. The number of nitrogens with zero attached hydrogens (tertiary/aromatic N) is 1. The van der Waals surface area contributed by atoms with E-state index >= 15 is 0 Å². The Labute approximate surface area is 185 Å². The normalized spacial score (nSPS) is 12.9. The number of carbonyl (C=O) groups excluding carboxylic acids is 2. The van der Waals surface area contributed by atoms with E-state index in [1.54, 1.807) is 26.0 Å². The van der Waals surface area contributed by atoms with Gasteiger partial charge in [-0.15, -0.1) is 0 Å². The summed E-state index contributed by atoms with van der Waals surface area (Å²) in [5, 5.41) is 2.57. The number of anilines is 1. The van der Waals surface area contributed by atoms with E-state index < -0.39 is 28.0 Å². The monoisotopic (exact) mass is 457 g/mol. The molecule has 168 valence electrons. The van der Waals surface area contributed by atoms with Gasteiger partial charge in [0.1, 0.15) is 5.52 Å². The molecule has 1 aromatic heterocycles. The summed E-state index contributed by atoms with van der Waals surface area (Å²) in [6, 6.07) is 12.6. The molecule has 2 N–H and O–H groups in total. The first-order valence-corrected chi connectivity index (χ1v) is 11.3. The number of amides is 1. The van der Waals surface area contributed by atoms with Crippen molar-refractivity contribution in [3.63, 3.8) is 0 Å². The second-order valence-corrected chi connectivity index (χ2v) is 8.94. The Hall–Kier alpha value is -3.50. The second kappa shape index (κ2) is 9.75. The Morgan fingerprint density at radius 2 is 1.75 bits per heavy atom. The number of hydrogen-bond donors (Lipinski definition) is 2. The molecule has 0 bridgehead atoms. The molecular weight excluding hydrogens is 434 g/mol. The van der Waals surface area contributed by atoms with Crippen LogP contribution in [-0.4, -0.2) is 37.4 Å². The first-order chi connectivity index (χ1) is 15.1. The maximum atomic E-state index is 12.3. The largest absolute Gasteiger partial charge is 0.449 e. The van der Waals surface area contributed by atoms with Crippen molar-refractivity contribution in [2.75, 3.05) is 5.32 Å². The molecule has 1 amide bonds. The van der Waals surface area contributed by atoms with Gasteiger partial charge < -0.3 is 14.5 Å². The number of sulfonamides is 1. The van der Waals surface area contributed by atoms with Crippen molar-refractivity contribution in [1.29, 1.82) is 0 Å². The number of aromatic nitrogens is 1. The summed E-state index contributed by atoms with van der Waals surface area (Å²) in [5.41, 5.74) is 1.61. The number of hydrogen-bond acceptors (Lipinski definition) is 7. The summed E-state index contributed by atoms with van der Waals surface area (Å²) in [6.07, 6.45) is 1.40. The maximum absolute atomic E-state index is 12.3. The molecule has 0 radical (unpaired) electrons. The van der Waals surface area contributed by atoms with Crippen LogP contribution in [0.3, 0.4) is 0 Å². The average Bonchev–Trinajstić information content (AvgIpc) is 3.15. The van der Waals surface area contributed by atoms with Crippen LogP contribution in [0.15, 0.2) is 63.9 Å². The molecule has 0 spiro atoms. The quantitative estimate of drug-likeness (QED) is 0.393. The van der Waals surface area contributed by atoms with Crippen molar-refractivity contribution in [3.05, 3.63) is 60.5 Å². The van der Waals surface area contributed by atoms with Gasteiger partial charge in [-0.05, 0) is 57.2 Å². The summed E-state index contributed by atoms with van der Waals surface area (Å²) < 4.78 is 37.3. The number of oxazole rings is 1. The standard InChI is InChI=1S/C22H23N3O6S/c1-14(2)25-32(28,29)17-10-8-16(9-11-17)23-22(27)15(3)30-21(26)13-12-20-24-18-6-4-5-7-19(18)31-20/h4-15,25H,1-3H3,(H,23,27)/b13-12+. The third-order valence-corrected chi connectivity index (χ3v) is 5.83. The second-order valence-electron chi connectivity index (χ2n) is 7.22. The van der Waals surface area contributed by atoms with E-state index in [0.717, 1.165) is 6.08 Å². The fourth-order valence-corrected chi connectivity index (χ4v) is 3.96. The van der Waals surface area contributed by atoms with Crippen LogP contribution in [0.25, 0.3) is 17.2 Å². The lowest BCUT2D eigenvalue weighted by atomic mass is 10.3. The predicted molar refractivity (Wildman–Crippen MR) is 119 cm³/mol. The Morgan fingerprint density at radius 1 is 1.06 bits per heavy atom. The average molecular weight is 458 g/mol. The van der Waals surface area contributed by atoms with Gasteiger partial charge in [-0.1, -0.05) is 12.1 Å². The zero-order valence-corrected chi connectivity index (χ0v) is 18.5. The molecule has 9 nitrogen and oxygen atoms in total. The number of nitrogens with one attached hydrogen (secondary N) is 2. The summed E-state index contributed by atoms with van der Waals surface area (Å²) in [4.78, 5) is 28.6. The van der Waals surface area contributed by atoms with Gasteiger partial charge in [0.05, 0.1) is 4.90 Å². The van der Waals surface area contributed by atoms with E-state index in [0.29, 0.717) is 16.8 Å². The predicted octanol–water partition coefficient (Wildman–Crippen LogP) is 3.10. The number of carbonyl (C=O) groups is 2. The molecule has 0 saturated carbocycles. The van der Waals surface area contributed by atoms with E-state index in [1.165, 1.54) is 37.3 Å². The zero-order valence-electron chi connectivity index (χ0n) is 17.7. The summed E-state index contributed by atoms with van der Waals surface area (Å²) in [6.45, 7) is 4.86. The molecule has 0 aliphatic heterocycles. The van der Waals surface area contributed by atoms with Crippen molar-refractivity contribution >= 4 is 44.8 Å². The highest BCUT2D eigenvalue weighted by Gasteiger charge is 2.18. The molecular formula is C22H23N3O6S. The smallest absolute Gasteiger partial charge is 0.331 e. The van der Waals surface area contributed by atoms with E-state index in [1.807, 2.05) is 12.1 Å². The van der Waals surface area contributed by atoms with E-state index in [-0.39, 0.29) is 16.8 Å². The van der Waals surface area contributed by atoms with Gasteiger partial charge >= 0.3 is 5.97 Å². The lowest BCUT2D eigenvalue weighted by Crippen LogP contribution is -2.30. The fraction of sp³-hybridized carbons (Fsp3) is 0.227. The van der Waals surface area contributed by atoms with Crippen LogP contribution < -0.4 is 10.0 Å². The van der Waals surface area contributed by atoms with Crippen LogP contribution >= 0.6 is 0 Å². The summed E-state index contributed by atoms with van der Waals surface area (Å²) >= 11 is 0. The van der Waals surface area contributed by atoms with Gasteiger partial charge in [0, 0.05) is 23.9 Å².